The van der Waals surface area contributed by atoms with Crippen LogP contribution in [0.3, 0.4) is 0 Å². The van der Waals surface area contributed by atoms with Crippen LogP contribution < -0.4 is 10.1 Å². The van der Waals surface area contributed by atoms with Crippen molar-refractivity contribution in [2.75, 3.05) is 0 Å². The van der Waals surface area contributed by atoms with Crippen LogP contribution in [0.5, 0.6) is 5.75 Å². The number of fused-ring (bicyclic) bond motifs is 1. The summed E-state index contributed by atoms with van der Waals surface area (Å²) in [5.74, 6) is 0.738. The quantitative estimate of drug-likeness (QED) is 0.511. The Labute approximate surface area is 152 Å². The number of nitriles is 1. The fraction of sp³-hybridized carbons (Fsp3) is 0.286. The molecule has 1 amide bonds. The van der Waals surface area contributed by atoms with E-state index in [4.69, 9.17) is 10.00 Å². The molecule has 1 unspecified atom stereocenters. The molecule has 0 fully saturated rings. The lowest BCUT2D eigenvalue weighted by Crippen LogP contribution is -2.28. The Morgan fingerprint density at radius 3 is 2.69 bits per heavy atom. The minimum atomic E-state index is -0.527. The van der Waals surface area contributed by atoms with E-state index in [9.17, 15) is 9.59 Å². The number of nitrogens with one attached hydrogen (secondary N) is 1. The maximum atomic E-state index is 11.7. The number of rotatable bonds is 5. The number of carbonyl (C=O) groups excluding carboxylic acids is 2. The number of hydrogen-bond acceptors (Lipinski definition) is 4. The highest BCUT2D eigenvalue weighted by molar-refractivity contribution is 5.75. The van der Waals surface area contributed by atoms with Crippen LogP contribution >= 0.6 is 0 Å². The summed E-state index contributed by atoms with van der Waals surface area (Å²) in [6, 6.07) is 15.3. The van der Waals surface area contributed by atoms with Crippen molar-refractivity contribution in [1.29, 1.82) is 5.26 Å². The number of nitrogens with zero attached hydrogens (tertiary/aromatic N) is 1. The largest absolute Gasteiger partial charge is 0.426 e. The van der Waals surface area contributed by atoms with E-state index >= 15 is 0 Å². The second-order valence-corrected chi connectivity index (χ2v) is 6.53. The van der Waals surface area contributed by atoms with E-state index < -0.39 is 6.04 Å². The van der Waals surface area contributed by atoms with Crippen molar-refractivity contribution in [1.82, 2.24) is 5.32 Å². The van der Waals surface area contributed by atoms with Crippen molar-refractivity contribution in [2.45, 2.75) is 38.1 Å². The summed E-state index contributed by atoms with van der Waals surface area (Å²) >= 11 is 0. The second kappa shape index (κ2) is 7.83. The SMILES string of the molecule is CC1CCC(=O)Oc2ccc(-c3ccc(C[C@@H](C#N)NC=O)cc3)cc21. The first-order valence-corrected chi connectivity index (χ1v) is 8.64. The molecule has 5 heteroatoms. The average molecular weight is 348 g/mol. The van der Waals surface area contributed by atoms with Crippen molar-refractivity contribution in [3.05, 3.63) is 53.6 Å². The number of carbonyl (C=O) groups is 2. The van der Waals surface area contributed by atoms with Gasteiger partial charge >= 0.3 is 5.97 Å². The van der Waals surface area contributed by atoms with E-state index in [-0.39, 0.29) is 11.9 Å². The summed E-state index contributed by atoms with van der Waals surface area (Å²) in [7, 11) is 0. The molecule has 1 aliphatic heterocycles. The van der Waals surface area contributed by atoms with E-state index in [1.807, 2.05) is 36.4 Å². The Hall–Kier alpha value is -3.13. The van der Waals surface area contributed by atoms with Crippen LogP contribution in [-0.4, -0.2) is 18.4 Å². The molecule has 132 valence electrons. The van der Waals surface area contributed by atoms with Gasteiger partial charge in [0.25, 0.3) is 0 Å². The molecule has 0 aliphatic carbocycles. The highest BCUT2D eigenvalue weighted by Gasteiger charge is 2.21. The van der Waals surface area contributed by atoms with Gasteiger partial charge in [-0.1, -0.05) is 37.3 Å². The first kappa shape index (κ1) is 17.7. The summed E-state index contributed by atoms with van der Waals surface area (Å²) in [5.41, 5.74) is 4.14. The zero-order valence-electron chi connectivity index (χ0n) is 14.6. The van der Waals surface area contributed by atoms with Gasteiger partial charge in [-0.25, -0.2) is 0 Å². The highest BCUT2D eigenvalue weighted by atomic mass is 16.5. The lowest BCUT2D eigenvalue weighted by Gasteiger charge is -2.13. The van der Waals surface area contributed by atoms with E-state index in [0.717, 1.165) is 28.7 Å². The molecule has 0 aromatic heterocycles. The summed E-state index contributed by atoms with van der Waals surface area (Å²) in [5, 5.41) is 11.5. The molecule has 2 atom stereocenters. The summed E-state index contributed by atoms with van der Waals surface area (Å²) in [6.45, 7) is 2.11. The maximum Gasteiger partial charge on any atom is 0.311 e. The normalized spacial score (nSPS) is 17.2. The van der Waals surface area contributed by atoms with E-state index in [0.29, 0.717) is 25.0 Å². The van der Waals surface area contributed by atoms with Crippen LogP contribution in [0.4, 0.5) is 0 Å². The van der Waals surface area contributed by atoms with Gasteiger partial charge in [0.1, 0.15) is 11.8 Å². The first-order chi connectivity index (χ1) is 12.6. The van der Waals surface area contributed by atoms with E-state index in [1.165, 1.54) is 0 Å². The van der Waals surface area contributed by atoms with E-state index in [1.54, 1.807) is 0 Å². The van der Waals surface area contributed by atoms with Crippen LogP contribution in [0.25, 0.3) is 11.1 Å². The van der Waals surface area contributed by atoms with Crippen molar-refractivity contribution in [3.8, 4) is 22.9 Å². The van der Waals surface area contributed by atoms with Crippen molar-refractivity contribution in [3.63, 3.8) is 0 Å². The molecule has 1 heterocycles. The third kappa shape index (κ3) is 3.92. The van der Waals surface area contributed by atoms with Crippen LogP contribution in [0.2, 0.25) is 0 Å². The third-order valence-electron chi connectivity index (χ3n) is 4.70. The number of ether oxygens (including phenoxy) is 1. The van der Waals surface area contributed by atoms with Gasteiger partial charge in [-0.15, -0.1) is 0 Å². The molecular weight excluding hydrogens is 328 g/mol. The third-order valence-corrected chi connectivity index (χ3v) is 4.70. The van der Waals surface area contributed by atoms with Crippen molar-refractivity contribution in [2.24, 2.45) is 0 Å². The Balaban J connectivity index is 1.83. The lowest BCUT2D eigenvalue weighted by molar-refractivity contribution is -0.134. The van der Waals surface area contributed by atoms with Crippen molar-refractivity contribution < 1.29 is 14.3 Å². The molecule has 1 N–H and O–H groups in total. The zero-order valence-corrected chi connectivity index (χ0v) is 14.6. The van der Waals surface area contributed by atoms with Crippen LogP contribution in [0, 0.1) is 11.3 Å². The smallest absolute Gasteiger partial charge is 0.311 e. The Bertz CT molecular complexity index is 853. The monoisotopic (exact) mass is 348 g/mol. The minimum Gasteiger partial charge on any atom is -0.426 e. The maximum absolute atomic E-state index is 11.7. The van der Waals surface area contributed by atoms with Crippen LogP contribution in [0.15, 0.2) is 42.5 Å². The number of amides is 1. The molecule has 0 bridgehead atoms. The summed E-state index contributed by atoms with van der Waals surface area (Å²) in [4.78, 5) is 22.2. The van der Waals surface area contributed by atoms with Gasteiger partial charge in [0.15, 0.2) is 0 Å². The molecule has 0 saturated heterocycles. The van der Waals surface area contributed by atoms with Gasteiger partial charge in [0.2, 0.25) is 6.41 Å². The molecule has 2 aromatic rings. The van der Waals surface area contributed by atoms with Crippen LogP contribution in [-0.2, 0) is 16.0 Å². The molecule has 0 saturated carbocycles. The van der Waals surface area contributed by atoms with Crippen molar-refractivity contribution >= 4 is 12.4 Å². The molecule has 2 aromatic carbocycles. The lowest BCUT2D eigenvalue weighted by atomic mass is 9.92. The van der Waals surface area contributed by atoms with E-state index in [2.05, 4.69) is 24.4 Å². The van der Waals surface area contributed by atoms with Crippen LogP contribution in [0.1, 0.15) is 36.8 Å². The highest BCUT2D eigenvalue weighted by Crippen LogP contribution is 2.36. The fourth-order valence-electron chi connectivity index (χ4n) is 3.16. The van der Waals surface area contributed by atoms with Gasteiger partial charge in [-0.2, -0.15) is 5.26 Å². The minimum absolute atomic E-state index is 0.177. The summed E-state index contributed by atoms with van der Waals surface area (Å²) < 4.78 is 5.41. The standard InChI is InChI=1S/C21H20N2O3/c1-14-2-9-21(25)26-20-8-7-17(11-19(14)20)16-5-3-15(4-6-16)10-18(12-22)23-13-24/h3-8,11,13-14,18H,2,9-10H2,1H3,(H,23,24)/t14?,18-/m0/s1. The number of hydrogen-bond donors (Lipinski definition) is 1. The molecule has 3 rings (SSSR count). The average Bonchev–Trinajstić information content (AvgIpc) is 2.80. The number of benzene rings is 2. The predicted molar refractivity (Wildman–Crippen MR) is 97.5 cm³/mol. The number of esters is 1. The van der Waals surface area contributed by atoms with Gasteiger partial charge < -0.3 is 10.1 Å². The van der Waals surface area contributed by atoms with Gasteiger partial charge in [0.05, 0.1) is 6.07 Å². The van der Waals surface area contributed by atoms with Gasteiger partial charge in [0, 0.05) is 12.8 Å². The van der Waals surface area contributed by atoms with Gasteiger partial charge in [-0.05, 0) is 46.7 Å². The zero-order chi connectivity index (χ0) is 18.5. The predicted octanol–water partition coefficient (Wildman–Crippen LogP) is 3.34. The molecule has 5 nitrogen and oxygen atoms in total. The second-order valence-electron chi connectivity index (χ2n) is 6.53. The Kier molecular flexibility index (Phi) is 5.33. The fourth-order valence-corrected chi connectivity index (χ4v) is 3.16. The molecular formula is C21H20N2O3. The summed E-state index contributed by atoms with van der Waals surface area (Å²) in [6.07, 6.45) is 2.24. The topological polar surface area (TPSA) is 79.2 Å². The molecule has 0 radical (unpaired) electrons. The molecule has 1 aliphatic rings. The van der Waals surface area contributed by atoms with Gasteiger partial charge in [-0.3, -0.25) is 9.59 Å². The molecule has 0 spiro atoms. The Morgan fingerprint density at radius 1 is 1.27 bits per heavy atom. The Morgan fingerprint density at radius 2 is 2.00 bits per heavy atom. The molecule has 26 heavy (non-hydrogen) atoms. The first-order valence-electron chi connectivity index (χ1n) is 8.64.